The van der Waals surface area contributed by atoms with Crippen LogP contribution in [0.3, 0.4) is 0 Å². The molecule has 0 spiro atoms. The fourth-order valence-corrected chi connectivity index (χ4v) is 3.34. The van der Waals surface area contributed by atoms with Gasteiger partial charge in [0.15, 0.2) is 0 Å². The van der Waals surface area contributed by atoms with Gasteiger partial charge in [0.25, 0.3) is 0 Å². The van der Waals surface area contributed by atoms with Crippen molar-refractivity contribution in [1.29, 1.82) is 0 Å². The molecule has 0 bridgehead atoms. The highest BCUT2D eigenvalue weighted by Crippen LogP contribution is 2.17. The molecule has 1 aliphatic heterocycles. The summed E-state index contributed by atoms with van der Waals surface area (Å²) in [4.78, 5) is 4.87. The van der Waals surface area contributed by atoms with E-state index in [9.17, 15) is 0 Å². The van der Waals surface area contributed by atoms with Crippen LogP contribution in [0.25, 0.3) is 0 Å². The molecule has 114 valence electrons. The summed E-state index contributed by atoms with van der Waals surface area (Å²) in [5.41, 5.74) is 0. The summed E-state index contributed by atoms with van der Waals surface area (Å²) in [5.74, 6) is 0.816. The molecule has 1 heterocycles. The second-order valence-electron chi connectivity index (χ2n) is 6.45. The zero-order chi connectivity index (χ0) is 14.3. The largest absolute Gasteiger partial charge is 0.312 e. The number of nitrogens with zero attached hydrogens (tertiary/aromatic N) is 2. The van der Waals surface area contributed by atoms with Crippen molar-refractivity contribution in [2.24, 2.45) is 5.92 Å². The Balaban J connectivity index is 2.42. The molecule has 1 aliphatic rings. The topological polar surface area (TPSA) is 18.5 Å². The zero-order valence-electron chi connectivity index (χ0n) is 13.8. The van der Waals surface area contributed by atoms with Crippen molar-refractivity contribution in [2.75, 3.05) is 40.8 Å². The monoisotopic (exact) mass is 269 g/mol. The maximum Gasteiger partial charge on any atom is 0.0242 e. The second kappa shape index (κ2) is 8.93. The molecule has 0 aliphatic carbocycles. The van der Waals surface area contributed by atoms with Crippen molar-refractivity contribution in [1.82, 2.24) is 15.1 Å². The van der Waals surface area contributed by atoms with Crippen LogP contribution >= 0.6 is 0 Å². The number of rotatable bonds is 7. The van der Waals surface area contributed by atoms with Crippen LogP contribution in [0, 0.1) is 5.92 Å². The van der Waals surface area contributed by atoms with Crippen LogP contribution in [0.1, 0.15) is 46.0 Å². The summed E-state index contributed by atoms with van der Waals surface area (Å²) in [7, 11) is 6.70. The molecule has 19 heavy (non-hydrogen) atoms. The lowest BCUT2D eigenvalue weighted by Gasteiger charge is -2.33. The van der Waals surface area contributed by atoms with Crippen LogP contribution in [-0.2, 0) is 0 Å². The molecule has 1 N–H and O–H groups in total. The van der Waals surface area contributed by atoms with Gasteiger partial charge >= 0.3 is 0 Å². The van der Waals surface area contributed by atoms with Crippen LogP contribution in [-0.4, -0.2) is 62.7 Å². The summed E-state index contributed by atoms with van der Waals surface area (Å²) < 4.78 is 0. The van der Waals surface area contributed by atoms with Crippen LogP contribution in [0.15, 0.2) is 0 Å². The minimum Gasteiger partial charge on any atom is -0.312 e. The van der Waals surface area contributed by atoms with Gasteiger partial charge in [-0.3, -0.25) is 0 Å². The summed E-state index contributed by atoms with van der Waals surface area (Å²) in [6.07, 6.45) is 6.56. The first kappa shape index (κ1) is 16.9. The molecule has 0 radical (unpaired) electrons. The van der Waals surface area contributed by atoms with Gasteiger partial charge in [-0.15, -0.1) is 0 Å². The normalized spacial score (nSPS) is 23.8. The average molecular weight is 269 g/mol. The molecule has 2 atom stereocenters. The van der Waals surface area contributed by atoms with Crippen LogP contribution in [0.5, 0.6) is 0 Å². The van der Waals surface area contributed by atoms with Crippen molar-refractivity contribution in [3.8, 4) is 0 Å². The third-order valence-electron chi connectivity index (χ3n) is 4.82. The smallest absolute Gasteiger partial charge is 0.0242 e. The van der Waals surface area contributed by atoms with E-state index in [0.717, 1.165) is 18.5 Å². The van der Waals surface area contributed by atoms with Gasteiger partial charge in [0.2, 0.25) is 0 Å². The standard InChI is InChI=1S/C16H35N3/c1-6-14(7-2)16(18(3)4)13-17-15-9-8-11-19(5)12-10-15/h14-17H,6-13H2,1-5H3. The highest BCUT2D eigenvalue weighted by Gasteiger charge is 2.22. The van der Waals surface area contributed by atoms with Gasteiger partial charge in [-0.05, 0) is 59.4 Å². The van der Waals surface area contributed by atoms with Crippen molar-refractivity contribution >= 4 is 0 Å². The Labute approximate surface area is 120 Å². The lowest BCUT2D eigenvalue weighted by atomic mass is 9.93. The predicted octanol–water partition coefficient (Wildman–Crippen LogP) is 2.43. The van der Waals surface area contributed by atoms with Gasteiger partial charge in [0, 0.05) is 18.6 Å². The van der Waals surface area contributed by atoms with Gasteiger partial charge in [0.05, 0.1) is 0 Å². The summed E-state index contributed by atoms with van der Waals surface area (Å²) >= 11 is 0. The molecular weight excluding hydrogens is 234 g/mol. The van der Waals surface area contributed by atoms with E-state index in [2.05, 4.69) is 50.1 Å². The van der Waals surface area contributed by atoms with Crippen molar-refractivity contribution in [2.45, 2.75) is 58.0 Å². The molecule has 3 nitrogen and oxygen atoms in total. The number of hydrogen-bond donors (Lipinski definition) is 1. The lowest BCUT2D eigenvalue weighted by molar-refractivity contribution is 0.187. The number of nitrogens with one attached hydrogen (secondary N) is 1. The lowest BCUT2D eigenvalue weighted by Crippen LogP contribution is -2.46. The molecule has 1 rings (SSSR count). The fourth-order valence-electron chi connectivity index (χ4n) is 3.34. The van der Waals surface area contributed by atoms with Crippen molar-refractivity contribution in [3.63, 3.8) is 0 Å². The first-order valence-corrected chi connectivity index (χ1v) is 8.16. The van der Waals surface area contributed by atoms with E-state index in [1.165, 1.54) is 45.2 Å². The molecule has 0 aromatic rings. The summed E-state index contributed by atoms with van der Waals surface area (Å²) in [6.45, 7) is 8.31. The third-order valence-corrected chi connectivity index (χ3v) is 4.82. The van der Waals surface area contributed by atoms with Gasteiger partial charge in [-0.2, -0.15) is 0 Å². The van der Waals surface area contributed by atoms with Gasteiger partial charge in [-0.1, -0.05) is 26.7 Å². The number of hydrogen-bond acceptors (Lipinski definition) is 3. The second-order valence-corrected chi connectivity index (χ2v) is 6.45. The van der Waals surface area contributed by atoms with Crippen molar-refractivity contribution < 1.29 is 0 Å². The molecule has 2 unspecified atom stereocenters. The first-order chi connectivity index (χ1) is 9.08. The molecule has 0 aromatic heterocycles. The van der Waals surface area contributed by atoms with E-state index in [1.54, 1.807) is 0 Å². The van der Waals surface area contributed by atoms with Crippen LogP contribution in [0.4, 0.5) is 0 Å². The Bertz CT molecular complexity index is 226. The SMILES string of the molecule is CCC(CC)C(CNC1CCCN(C)CC1)N(C)C. The molecule has 1 fully saturated rings. The Kier molecular flexibility index (Phi) is 7.96. The van der Waals surface area contributed by atoms with E-state index in [-0.39, 0.29) is 0 Å². The summed E-state index contributed by atoms with van der Waals surface area (Å²) in [6, 6.07) is 1.40. The summed E-state index contributed by atoms with van der Waals surface area (Å²) in [5, 5.41) is 3.84. The van der Waals surface area contributed by atoms with Crippen LogP contribution in [0.2, 0.25) is 0 Å². The van der Waals surface area contributed by atoms with Crippen molar-refractivity contribution in [3.05, 3.63) is 0 Å². The molecule has 0 amide bonds. The minimum atomic E-state index is 0.677. The number of likely N-dealkylation sites (tertiary alicyclic amines) is 1. The maximum atomic E-state index is 3.84. The average Bonchev–Trinajstić information content (AvgIpc) is 2.59. The molecular formula is C16H35N3. The van der Waals surface area contributed by atoms with Gasteiger partial charge in [0.1, 0.15) is 0 Å². The quantitative estimate of drug-likeness (QED) is 0.766. The highest BCUT2D eigenvalue weighted by molar-refractivity contribution is 4.81. The number of likely N-dealkylation sites (N-methyl/N-ethyl adjacent to an activating group) is 1. The minimum absolute atomic E-state index is 0.677. The van der Waals surface area contributed by atoms with E-state index in [1.807, 2.05) is 0 Å². The van der Waals surface area contributed by atoms with E-state index in [4.69, 9.17) is 0 Å². The maximum absolute atomic E-state index is 3.84. The highest BCUT2D eigenvalue weighted by atomic mass is 15.1. The third kappa shape index (κ3) is 5.80. The Morgan fingerprint density at radius 1 is 1.16 bits per heavy atom. The van der Waals surface area contributed by atoms with Gasteiger partial charge in [-0.25, -0.2) is 0 Å². The Hall–Kier alpha value is -0.120. The first-order valence-electron chi connectivity index (χ1n) is 8.16. The van der Waals surface area contributed by atoms with E-state index >= 15 is 0 Å². The zero-order valence-corrected chi connectivity index (χ0v) is 13.8. The molecule has 0 aromatic carbocycles. The van der Waals surface area contributed by atoms with E-state index < -0.39 is 0 Å². The molecule has 0 saturated carbocycles. The Morgan fingerprint density at radius 2 is 1.84 bits per heavy atom. The fraction of sp³-hybridized carbons (Fsp3) is 1.00. The Morgan fingerprint density at radius 3 is 2.42 bits per heavy atom. The molecule has 1 saturated heterocycles. The van der Waals surface area contributed by atoms with Crippen LogP contribution < -0.4 is 5.32 Å². The predicted molar refractivity (Wildman–Crippen MR) is 84.7 cm³/mol. The molecule has 3 heteroatoms. The van der Waals surface area contributed by atoms with Gasteiger partial charge < -0.3 is 15.1 Å². The van der Waals surface area contributed by atoms with E-state index in [0.29, 0.717) is 6.04 Å².